The van der Waals surface area contributed by atoms with Crippen LogP contribution in [0.25, 0.3) is 0 Å². The minimum absolute atomic E-state index is 0.468. The van der Waals surface area contributed by atoms with Crippen molar-refractivity contribution < 1.29 is 4.74 Å². The van der Waals surface area contributed by atoms with Gasteiger partial charge in [-0.1, -0.05) is 0 Å². The van der Waals surface area contributed by atoms with E-state index in [-0.39, 0.29) is 0 Å². The molecule has 1 heterocycles. The maximum atomic E-state index is 5.39. The van der Waals surface area contributed by atoms with Gasteiger partial charge in [0.2, 0.25) is 5.88 Å². The molecular formula is C7H11N3O. The summed E-state index contributed by atoms with van der Waals surface area (Å²) in [6.45, 7) is 2.97. The third kappa shape index (κ3) is 2.16. The minimum Gasteiger partial charge on any atom is -0.477 e. The fourth-order valence-corrected chi connectivity index (χ4v) is 0.715. The molecule has 0 saturated carbocycles. The Balaban J connectivity index is 2.74. The van der Waals surface area contributed by atoms with Crippen LogP contribution in [0.5, 0.6) is 5.88 Å². The molecule has 0 fully saturated rings. The first kappa shape index (κ1) is 7.94. The van der Waals surface area contributed by atoms with E-state index in [1.54, 1.807) is 12.3 Å². The first-order valence-corrected chi connectivity index (χ1v) is 3.51. The summed E-state index contributed by atoms with van der Waals surface area (Å²) in [5.41, 5.74) is 6.33. The Labute approximate surface area is 65.4 Å². The summed E-state index contributed by atoms with van der Waals surface area (Å²) in [6.07, 6.45) is 1.63. The van der Waals surface area contributed by atoms with Crippen LogP contribution < -0.4 is 10.5 Å². The molecule has 1 aromatic heterocycles. The van der Waals surface area contributed by atoms with E-state index in [2.05, 4.69) is 10.2 Å². The zero-order valence-corrected chi connectivity index (χ0v) is 6.45. The van der Waals surface area contributed by atoms with E-state index in [4.69, 9.17) is 10.5 Å². The van der Waals surface area contributed by atoms with Crippen molar-refractivity contribution in [2.75, 3.05) is 6.61 Å². The normalized spacial score (nSPS) is 9.64. The number of rotatable bonds is 3. The molecule has 0 saturated heterocycles. The summed E-state index contributed by atoms with van der Waals surface area (Å²) in [5, 5.41) is 7.47. The van der Waals surface area contributed by atoms with Gasteiger partial charge in [0.1, 0.15) is 0 Å². The van der Waals surface area contributed by atoms with E-state index in [0.717, 1.165) is 5.56 Å². The van der Waals surface area contributed by atoms with Gasteiger partial charge >= 0.3 is 0 Å². The maximum Gasteiger partial charge on any atom is 0.233 e. The van der Waals surface area contributed by atoms with Crippen molar-refractivity contribution in [2.24, 2.45) is 5.73 Å². The summed E-state index contributed by atoms with van der Waals surface area (Å²) in [4.78, 5) is 0. The molecule has 0 amide bonds. The highest BCUT2D eigenvalue weighted by Crippen LogP contribution is 2.05. The van der Waals surface area contributed by atoms with Crippen LogP contribution in [0.1, 0.15) is 12.5 Å². The Morgan fingerprint density at radius 1 is 1.64 bits per heavy atom. The lowest BCUT2D eigenvalue weighted by Crippen LogP contribution is -2.01. The topological polar surface area (TPSA) is 61.0 Å². The summed E-state index contributed by atoms with van der Waals surface area (Å²) >= 11 is 0. The van der Waals surface area contributed by atoms with Crippen molar-refractivity contribution in [1.82, 2.24) is 10.2 Å². The van der Waals surface area contributed by atoms with Crippen molar-refractivity contribution in [1.29, 1.82) is 0 Å². The number of hydrogen-bond donors (Lipinski definition) is 1. The molecule has 0 aliphatic rings. The van der Waals surface area contributed by atoms with Gasteiger partial charge in [-0.05, 0) is 12.5 Å². The second-order valence-electron chi connectivity index (χ2n) is 2.04. The molecular weight excluding hydrogens is 142 g/mol. The van der Waals surface area contributed by atoms with Crippen LogP contribution in [0.15, 0.2) is 12.3 Å². The molecule has 0 aromatic carbocycles. The Bertz CT molecular complexity index is 227. The van der Waals surface area contributed by atoms with E-state index >= 15 is 0 Å². The lowest BCUT2D eigenvalue weighted by molar-refractivity contribution is 0.322. The Kier molecular flexibility index (Phi) is 2.80. The highest BCUT2D eigenvalue weighted by molar-refractivity contribution is 5.16. The van der Waals surface area contributed by atoms with Gasteiger partial charge in [0.25, 0.3) is 0 Å². The van der Waals surface area contributed by atoms with Gasteiger partial charge in [-0.15, -0.1) is 5.10 Å². The summed E-state index contributed by atoms with van der Waals surface area (Å²) in [5.74, 6) is 0.537. The summed E-state index contributed by atoms with van der Waals surface area (Å²) in [6, 6.07) is 1.79. The smallest absolute Gasteiger partial charge is 0.233 e. The average molecular weight is 153 g/mol. The molecule has 4 heteroatoms. The average Bonchev–Trinajstić information content (AvgIpc) is 2.06. The van der Waals surface area contributed by atoms with Gasteiger partial charge in [-0.25, -0.2) is 0 Å². The van der Waals surface area contributed by atoms with E-state index in [1.165, 1.54) is 0 Å². The van der Waals surface area contributed by atoms with Gasteiger partial charge < -0.3 is 10.5 Å². The van der Waals surface area contributed by atoms with Crippen molar-refractivity contribution >= 4 is 0 Å². The van der Waals surface area contributed by atoms with Crippen LogP contribution in [-0.4, -0.2) is 16.8 Å². The molecule has 0 unspecified atom stereocenters. The molecule has 0 aliphatic carbocycles. The van der Waals surface area contributed by atoms with E-state index < -0.39 is 0 Å². The minimum atomic E-state index is 0.468. The van der Waals surface area contributed by atoms with E-state index in [9.17, 15) is 0 Å². The highest BCUT2D eigenvalue weighted by atomic mass is 16.5. The molecule has 11 heavy (non-hydrogen) atoms. The summed E-state index contributed by atoms with van der Waals surface area (Å²) < 4.78 is 5.12. The largest absolute Gasteiger partial charge is 0.477 e. The summed E-state index contributed by atoms with van der Waals surface area (Å²) in [7, 11) is 0. The maximum absolute atomic E-state index is 5.39. The van der Waals surface area contributed by atoms with Crippen LogP contribution in [0.2, 0.25) is 0 Å². The standard InChI is InChI=1S/C7H11N3O/c1-2-11-7-3-6(4-8)5-9-10-7/h3,5H,2,4,8H2,1H3. The van der Waals surface area contributed by atoms with E-state index in [0.29, 0.717) is 19.0 Å². The first-order chi connectivity index (χ1) is 5.36. The quantitative estimate of drug-likeness (QED) is 0.680. The Morgan fingerprint density at radius 3 is 3.09 bits per heavy atom. The fourth-order valence-electron chi connectivity index (χ4n) is 0.715. The Morgan fingerprint density at radius 2 is 2.45 bits per heavy atom. The molecule has 0 atom stereocenters. The van der Waals surface area contributed by atoms with E-state index in [1.807, 2.05) is 6.92 Å². The van der Waals surface area contributed by atoms with Gasteiger partial charge in [0.15, 0.2) is 0 Å². The molecule has 1 aromatic rings. The van der Waals surface area contributed by atoms with Gasteiger partial charge in [-0.2, -0.15) is 5.10 Å². The highest BCUT2D eigenvalue weighted by Gasteiger charge is 1.95. The molecule has 0 bridgehead atoms. The fraction of sp³-hybridized carbons (Fsp3) is 0.429. The molecule has 0 spiro atoms. The lowest BCUT2D eigenvalue weighted by Gasteiger charge is -2.00. The van der Waals surface area contributed by atoms with Crippen molar-refractivity contribution in [3.05, 3.63) is 17.8 Å². The molecule has 2 N–H and O–H groups in total. The zero-order valence-electron chi connectivity index (χ0n) is 6.45. The number of ether oxygens (including phenoxy) is 1. The molecule has 4 nitrogen and oxygen atoms in total. The first-order valence-electron chi connectivity index (χ1n) is 3.51. The number of nitrogens with zero attached hydrogens (tertiary/aromatic N) is 2. The second-order valence-corrected chi connectivity index (χ2v) is 2.04. The molecule has 0 aliphatic heterocycles. The lowest BCUT2D eigenvalue weighted by atomic mass is 10.3. The monoisotopic (exact) mass is 153 g/mol. The van der Waals surface area contributed by atoms with Crippen LogP contribution in [0.4, 0.5) is 0 Å². The van der Waals surface area contributed by atoms with Crippen LogP contribution in [0.3, 0.4) is 0 Å². The third-order valence-electron chi connectivity index (χ3n) is 1.22. The number of nitrogens with two attached hydrogens (primary N) is 1. The zero-order chi connectivity index (χ0) is 8.10. The number of hydrogen-bond acceptors (Lipinski definition) is 4. The van der Waals surface area contributed by atoms with Crippen molar-refractivity contribution in [3.8, 4) is 5.88 Å². The van der Waals surface area contributed by atoms with Gasteiger partial charge in [0, 0.05) is 12.6 Å². The number of aromatic nitrogens is 2. The molecule has 1 rings (SSSR count). The SMILES string of the molecule is CCOc1cc(CN)cnn1. The van der Waals surface area contributed by atoms with Crippen LogP contribution >= 0.6 is 0 Å². The van der Waals surface area contributed by atoms with Gasteiger partial charge in [-0.3, -0.25) is 0 Å². The predicted molar refractivity (Wildman–Crippen MR) is 41.1 cm³/mol. The molecule has 60 valence electrons. The van der Waals surface area contributed by atoms with Gasteiger partial charge in [0.05, 0.1) is 12.8 Å². The van der Waals surface area contributed by atoms with Crippen molar-refractivity contribution in [2.45, 2.75) is 13.5 Å². The van der Waals surface area contributed by atoms with Crippen molar-refractivity contribution in [3.63, 3.8) is 0 Å². The van der Waals surface area contributed by atoms with Crippen LogP contribution in [-0.2, 0) is 6.54 Å². The molecule has 0 radical (unpaired) electrons. The third-order valence-corrected chi connectivity index (χ3v) is 1.22. The predicted octanol–water partition coefficient (Wildman–Crippen LogP) is 0.334. The second kappa shape index (κ2) is 3.88. The Hall–Kier alpha value is -1.16. The van der Waals surface area contributed by atoms with Crippen LogP contribution in [0, 0.1) is 0 Å².